The number of nitrogens with one attached hydrogen (secondary N) is 1. The van der Waals surface area contributed by atoms with Crippen molar-refractivity contribution < 1.29 is 13.9 Å². The number of fused-ring (bicyclic) bond motifs is 1. The van der Waals surface area contributed by atoms with Gasteiger partial charge in [0.15, 0.2) is 11.6 Å². The molecule has 5 nitrogen and oxygen atoms in total. The van der Waals surface area contributed by atoms with Crippen LogP contribution in [0.3, 0.4) is 0 Å². The first-order valence-corrected chi connectivity index (χ1v) is 5.55. The van der Waals surface area contributed by atoms with Crippen molar-refractivity contribution in [3.05, 3.63) is 22.4 Å². The Morgan fingerprint density at radius 1 is 1.41 bits per heavy atom. The molecule has 0 atom stereocenters. The summed E-state index contributed by atoms with van der Waals surface area (Å²) < 4.78 is 24.9. The van der Waals surface area contributed by atoms with Crippen LogP contribution in [0, 0.1) is 5.82 Å². The van der Waals surface area contributed by atoms with Crippen LogP contribution in [0.15, 0.2) is 16.6 Å². The Morgan fingerprint density at radius 2 is 2.24 bits per heavy atom. The number of hydrogen-bond acceptors (Lipinski definition) is 4. The highest BCUT2D eigenvalue weighted by Crippen LogP contribution is 2.43. The molecule has 0 bridgehead atoms. The summed E-state index contributed by atoms with van der Waals surface area (Å²) in [6.45, 7) is 0.0211. The Hall–Kier alpha value is -1.76. The number of anilines is 1. The van der Waals surface area contributed by atoms with Gasteiger partial charge in [-0.15, -0.1) is 0 Å². The number of nitrogens with zero attached hydrogens (tertiary/aromatic N) is 1. The van der Waals surface area contributed by atoms with E-state index in [2.05, 4.69) is 26.1 Å². The Morgan fingerprint density at radius 3 is 2.94 bits per heavy atom. The standard InChI is InChI=1S/C10H7BrFN3O2/c11-4-1-6-10(17-3-16-6)9(12)8(4)5-2-7(13)15-14-5/h1-2H,3H2,(H3,13,14,15). The number of hydrogen-bond donors (Lipinski definition) is 2. The molecule has 17 heavy (non-hydrogen) atoms. The molecule has 7 heteroatoms. The minimum atomic E-state index is -0.504. The van der Waals surface area contributed by atoms with E-state index in [0.29, 0.717) is 27.3 Å². The zero-order valence-corrected chi connectivity index (χ0v) is 10.0. The summed E-state index contributed by atoms with van der Waals surface area (Å²) in [5.41, 5.74) is 6.29. The van der Waals surface area contributed by atoms with Crippen LogP contribution in [0.25, 0.3) is 11.3 Å². The first-order chi connectivity index (χ1) is 8.16. The molecule has 1 aliphatic rings. The number of aromatic nitrogens is 2. The second kappa shape index (κ2) is 3.63. The van der Waals surface area contributed by atoms with E-state index in [1.54, 1.807) is 12.1 Å². The predicted octanol–water partition coefficient (Wildman–Crippen LogP) is 2.29. The number of nitrogens with two attached hydrogens (primary N) is 1. The fourth-order valence-electron chi connectivity index (χ4n) is 1.69. The number of H-pyrrole nitrogens is 1. The predicted molar refractivity (Wildman–Crippen MR) is 62.2 cm³/mol. The third kappa shape index (κ3) is 1.54. The maximum Gasteiger partial charge on any atom is 0.231 e. The highest BCUT2D eigenvalue weighted by atomic mass is 79.9. The molecule has 0 saturated heterocycles. The number of ether oxygens (including phenoxy) is 2. The molecule has 2 aromatic rings. The molecule has 2 heterocycles. The van der Waals surface area contributed by atoms with Gasteiger partial charge in [-0.25, -0.2) is 4.39 Å². The van der Waals surface area contributed by atoms with Crippen molar-refractivity contribution in [1.29, 1.82) is 0 Å². The normalized spacial score (nSPS) is 13.1. The number of rotatable bonds is 1. The zero-order valence-electron chi connectivity index (χ0n) is 8.46. The van der Waals surface area contributed by atoms with Gasteiger partial charge < -0.3 is 15.2 Å². The van der Waals surface area contributed by atoms with Gasteiger partial charge in [0, 0.05) is 10.5 Å². The van der Waals surface area contributed by atoms with Crippen molar-refractivity contribution in [2.45, 2.75) is 0 Å². The number of halogens is 2. The van der Waals surface area contributed by atoms with E-state index in [4.69, 9.17) is 15.2 Å². The zero-order chi connectivity index (χ0) is 12.0. The van der Waals surface area contributed by atoms with Gasteiger partial charge in [-0.05, 0) is 22.0 Å². The van der Waals surface area contributed by atoms with Gasteiger partial charge in [0.1, 0.15) is 5.82 Å². The third-order valence-corrected chi connectivity index (χ3v) is 3.05. The second-order valence-electron chi connectivity index (χ2n) is 3.49. The van der Waals surface area contributed by atoms with Crippen molar-refractivity contribution in [2.24, 2.45) is 0 Å². The summed E-state index contributed by atoms with van der Waals surface area (Å²) in [6.07, 6.45) is 0. The monoisotopic (exact) mass is 299 g/mol. The van der Waals surface area contributed by atoms with E-state index in [-0.39, 0.29) is 12.5 Å². The Bertz CT molecular complexity index is 599. The number of nitrogen functional groups attached to an aromatic ring is 1. The SMILES string of the molecule is Nc1cc(-c2c(Br)cc3c(c2F)OCO3)[nH]n1. The molecule has 0 saturated carbocycles. The van der Waals surface area contributed by atoms with Crippen molar-refractivity contribution in [3.63, 3.8) is 0 Å². The first kappa shape index (κ1) is 10.4. The third-order valence-electron chi connectivity index (χ3n) is 2.42. The van der Waals surface area contributed by atoms with Crippen LogP contribution in [0.4, 0.5) is 10.2 Å². The van der Waals surface area contributed by atoms with Crippen molar-refractivity contribution >= 4 is 21.7 Å². The first-order valence-electron chi connectivity index (χ1n) is 4.75. The lowest BCUT2D eigenvalue weighted by atomic mass is 10.1. The van der Waals surface area contributed by atoms with E-state index in [1.807, 2.05) is 0 Å². The summed E-state index contributed by atoms with van der Waals surface area (Å²) in [4.78, 5) is 0. The van der Waals surface area contributed by atoms with Crippen LogP contribution in [0.5, 0.6) is 11.5 Å². The largest absolute Gasteiger partial charge is 0.453 e. The summed E-state index contributed by atoms with van der Waals surface area (Å²) in [7, 11) is 0. The highest BCUT2D eigenvalue weighted by molar-refractivity contribution is 9.10. The van der Waals surface area contributed by atoms with E-state index in [9.17, 15) is 4.39 Å². The molecule has 1 aromatic carbocycles. The van der Waals surface area contributed by atoms with Gasteiger partial charge in [-0.1, -0.05) is 0 Å². The number of aromatic amines is 1. The lowest BCUT2D eigenvalue weighted by Crippen LogP contribution is -1.94. The molecular weight excluding hydrogens is 293 g/mol. The summed E-state index contributed by atoms with van der Waals surface area (Å²) in [5, 5.41) is 6.42. The van der Waals surface area contributed by atoms with E-state index in [1.165, 1.54) is 0 Å². The Kier molecular flexibility index (Phi) is 2.22. The second-order valence-corrected chi connectivity index (χ2v) is 4.34. The van der Waals surface area contributed by atoms with Crippen LogP contribution in [0.1, 0.15) is 0 Å². The van der Waals surface area contributed by atoms with Gasteiger partial charge in [0.25, 0.3) is 0 Å². The summed E-state index contributed by atoms with van der Waals surface area (Å²) in [6, 6.07) is 3.20. The van der Waals surface area contributed by atoms with Crippen molar-refractivity contribution in [1.82, 2.24) is 10.2 Å². The van der Waals surface area contributed by atoms with Crippen LogP contribution >= 0.6 is 15.9 Å². The van der Waals surface area contributed by atoms with Crippen LogP contribution in [-0.2, 0) is 0 Å². The Labute approximate surface area is 104 Å². The topological polar surface area (TPSA) is 73.2 Å². The molecule has 88 valence electrons. The average molecular weight is 300 g/mol. The van der Waals surface area contributed by atoms with Gasteiger partial charge in [-0.2, -0.15) is 5.10 Å². The summed E-state index contributed by atoms with van der Waals surface area (Å²) in [5.74, 6) is 0.279. The van der Waals surface area contributed by atoms with Gasteiger partial charge in [-0.3, -0.25) is 5.10 Å². The van der Waals surface area contributed by atoms with Gasteiger partial charge in [0.05, 0.1) is 11.3 Å². The van der Waals surface area contributed by atoms with Crippen LogP contribution in [-0.4, -0.2) is 17.0 Å². The highest BCUT2D eigenvalue weighted by Gasteiger charge is 2.25. The molecular formula is C10H7BrFN3O2. The van der Waals surface area contributed by atoms with E-state index < -0.39 is 5.82 Å². The Balaban J connectivity index is 2.23. The van der Waals surface area contributed by atoms with Crippen LogP contribution in [0.2, 0.25) is 0 Å². The molecule has 0 amide bonds. The summed E-state index contributed by atoms with van der Waals surface area (Å²) >= 11 is 3.28. The fraction of sp³-hybridized carbons (Fsp3) is 0.100. The maximum atomic E-state index is 14.2. The molecule has 3 rings (SSSR count). The molecule has 0 unspecified atom stereocenters. The molecule has 0 aliphatic carbocycles. The molecule has 0 radical (unpaired) electrons. The van der Waals surface area contributed by atoms with Gasteiger partial charge in [0.2, 0.25) is 12.5 Å². The lowest BCUT2D eigenvalue weighted by Gasteiger charge is -2.06. The molecule has 1 aliphatic heterocycles. The minimum absolute atomic E-state index is 0.0211. The van der Waals surface area contributed by atoms with Crippen molar-refractivity contribution in [3.8, 4) is 22.8 Å². The lowest BCUT2D eigenvalue weighted by molar-refractivity contribution is 0.171. The fourth-order valence-corrected chi connectivity index (χ4v) is 2.28. The smallest absolute Gasteiger partial charge is 0.231 e. The minimum Gasteiger partial charge on any atom is -0.453 e. The van der Waals surface area contributed by atoms with Crippen molar-refractivity contribution in [2.75, 3.05) is 12.5 Å². The maximum absolute atomic E-state index is 14.2. The molecule has 3 N–H and O–H groups in total. The van der Waals surface area contributed by atoms with Crippen LogP contribution < -0.4 is 15.2 Å². The van der Waals surface area contributed by atoms with E-state index >= 15 is 0 Å². The average Bonchev–Trinajstić information content (AvgIpc) is 2.87. The molecule has 0 spiro atoms. The van der Waals surface area contributed by atoms with Gasteiger partial charge >= 0.3 is 0 Å². The molecule has 1 aromatic heterocycles. The molecule has 0 fully saturated rings. The quantitative estimate of drug-likeness (QED) is 0.847. The van der Waals surface area contributed by atoms with E-state index in [0.717, 1.165) is 0 Å². The number of benzene rings is 1.